The number of hydrogen-bond acceptors (Lipinski definition) is 5. The number of nitrogens with zero attached hydrogens (tertiary/aromatic N) is 1. The number of morpholine rings is 1. The lowest BCUT2D eigenvalue weighted by atomic mass is 10.3. The van der Waals surface area contributed by atoms with E-state index in [4.69, 9.17) is 10.5 Å². The van der Waals surface area contributed by atoms with Crippen LogP contribution >= 0.6 is 0 Å². The van der Waals surface area contributed by atoms with Crippen molar-refractivity contribution in [3.8, 4) is 0 Å². The molecule has 0 aromatic heterocycles. The van der Waals surface area contributed by atoms with Gasteiger partial charge in [0.25, 0.3) is 0 Å². The van der Waals surface area contributed by atoms with E-state index in [1.54, 1.807) is 4.90 Å². The fourth-order valence-corrected chi connectivity index (χ4v) is 3.25. The standard InChI is InChI=1S/C13H19N3O4S/c1-10(13(17)16-6-8-20-9-7-16)15-21(18,19)12-4-2-11(14)3-5-12/h2-5,10,15H,6-9,14H2,1H3. The monoisotopic (exact) mass is 313 g/mol. The second-order valence-corrected chi connectivity index (χ2v) is 6.56. The number of nitrogens with one attached hydrogen (secondary N) is 1. The third-order valence-electron chi connectivity index (χ3n) is 3.22. The third kappa shape index (κ3) is 3.93. The largest absolute Gasteiger partial charge is 0.399 e. The van der Waals surface area contributed by atoms with Gasteiger partial charge in [0.2, 0.25) is 15.9 Å². The van der Waals surface area contributed by atoms with Gasteiger partial charge >= 0.3 is 0 Å². The van der Waals surface area contributed by atoms with Crippen molar-refractivity contribution >= 4 is 21.6 Å². The van der Waals surface area contributed by atoms with Crippen molar-refractivity contribution < 1.29 is 17.9 Å². The number of anilines is 1. The summed E-state index contributed by atoms with van der Waals surface area (Å²) in [5, 5.41) is 0. The smallest absolute Gasteiger partial charge is 0.241 e. The molecule has 0 spiro atoms. The predicted octanol–water partition coefficient (Wildman–Crippen LogP) is -0.206. The Labute approximate surface area is 124 Å². The van der Waals surface area contributed by atoms with Gasteiger partial charge in [0.15, 0.2) is 0 Å². The molecular formula is C13H19N3O4S. The maximum Gasteiger partial charge on any atom is 0.241 e. The zero-order chi connectivity index (χ0) is 15.5. The maximum atomic E-state index is 12.2. The summed E-state index contributed by atoms with van der Waals surface area (Å²) in [4.78, 5) is 13.9. The van der Waals surface area contributed by atoms with Crippen LogP contribution in [0.5, 0.6) is 0 Å². The molecule has 7 nitrogen and oxygen atoms in total. The van der Waals surface area contributed by atoms with Gasteiger partial charge in [0, 0.05) is 18.8 Å². The number of ether oxygens (including phenoxy) is 1. The molecule has 1 fully saturated rings. The first-order valence-corrected chi connectivity index (χ1v) is 8.13. The Morgan fingerprint density at radius 2 is 1.86 bits per heavy atom. The van der Waals surface area contributed by atoms with Crippen LogP contribution in [0.2, 0.25) is 0 Å². The average molecular weight is 313 g/mol. The topological polar surface area (TPSA) is 102 Å². The molecule has 1 aliphatic heterocycles. The number of benzene rings is 1. The lowest BCUT2D eigenvalue weighted by molar-refractivity contribution is -0.136. The molecule has 1 unspecified atom stereocenters. The molecule has 1 aromatic rings. The van der Waals surface area contributed by atoms with Crippen molar-refractivity contribution in [3.05, 3.63) is 24.3 Å². The first-order chi connectivity index (χ1) is 9.90. The highest BCUT2D eigenvalue weighted by atomic mass is 32.2. The molecule has 21 heavy (non-hydrogen) atoms. The van der Waals surface area contributed by atoms with Crippen LogP contribution in [0.3, 0.4) is 0 Å². The number of hydrogen-bond donors (Lipinski definition) is 2. The molecule has 1 atom stereocenters. The zero-order valence-electron chi connectivity index (χ0n) is 11.8. The van der Waals surface area contributed by atoms with Crippen LogP contribution in [-0.4, -0.2) is 51.6 Å². The summed E-state index contributed by atoms with van der Waals surface area (Å²) in [6.45, 7) is 3.44. The van der Waals surface area contributed by atoms with Gasteiger partial charge in [-0.3, -0.25) is 4.79 Å². The molecule has 3 N–H and O–H groups in total. The maximum absolute atomic E-state index is 12.2. The molecule has 0 saturated carbocycles. The molecule has 0 bridgehead atoms. The molecule has 1 saturated heterocycles. The second kappa shape index (κ2) is 6.42. The van der Waals surface area contributed by atoms with Gasteiger partial charge in [0.1, 0.15) is 0 Å². The normalized spacial score (nSPS) is 17.5. The van der Waals surface area contributed by atoms with Crippen LogP contribution in [0.4, 0.5) is 5.69 Å². The third-order valence-corrected chi connectivity index (χ3v) is 4.77. The highest BCUT2D eigenvalue weighted by Gasteiger charge is 2.26. The van der Waals surface area contributed by atoms with E-state index in [-0.39, 0.29) is 10.8 Å². The van der Waals surface area contributed by atoms with Gasteiger partial charge in [-0.1, -0.05) is 0 Å². The first kappa shape index (κ1) is 15.7. The van der Waals surface area contributed by atoms with E-state index in [0.29, 0.717) is 32.0 Å². The molecular weight excluding hydrogens is 294 g/mol. The summed E-state index contributed by atoms with van der Waals surface area (Å²) in [7, 11) is -3.74. The number of carbonyl (C=O) groups is 1. The van der Waals surface area contributed by atoms with Gasteiger partial charge in [0.05, 0.1) is 24.2 Å². The number of nitrogens with two attached hydrogens (primary N) is 1. The minimum absolute atomic E-state index is 0.0818. The van der Waals surface area contributed by atoms with Crippen LogP contribution < -0.4 is 10.5 Å². The molecule has 0 aliphatic carbocycles. The molecule has 1 aromatic carbocycles. The van der Waals surface area contributed by atoms with Gasteiger partial charge in [-0.25, -0.2) is 8.42 Å². The van der Waals surface area contributed by atoms with Gasteiger partial charge < -0.3 is 15.4 Å². The molecule has 2 rings (SSSR count). The van der Waals surface area contributed by atoms with E-state index in [1.165, 1.54) is 31.2 Å². The summed E-state index contributed by atoms with van der Waals surface area (Å²) < 4.78 is 31.9. The van der Waals surface area contributed by atoms with Crippen molar-refractivity contribution in [3.63, 3.8) is 0 Å². The van der Waals surface area contributed by atoms with E-state index < -0.39 is 16.1 Å². The Kier molecular flexibility index (Phi) is 4.81. The van der Waals surface area contributed by atoms with Crippen molar-refractivity contribution in [1.82, 2.24) is 9.62 Å². The Bertz CT molecular complexity index is 594. The quantitative estimate of drug-likeness (QED) is 0.749. The van der Waals surface area contributed by atoms with Gasteiger partial charge in [-0.2, -0.15) is 4.72 Å². The number of sulfonamides is 1. The summed E-state index contributed by atoms with van der Waals surface area (Å²) in [5.74, 6) is -0.252. The van der Waals surface area contributed by atoms with E-state index in [0.717, 1.165) is 0 Å². The van der Waals surface area contributed by atoms with E-state index in [1.807, 2.05) is 0 Å². The lowest BCUT2D eigenvalue weighted by Gasteiger charge is -2.29. The summed E-state index contributed by atoms with van der Waals surface area (Å²) >= 11 is 0. The van der Waals surface area contributed by atoms with Crippen LogP contribution in [0.1, 0.15) is 6.92 Å². The Balaban J connectivity index is 2.05. The van der Waals surface area contributed by atoms with Crippen molar-refractivity contribution in [2.24, 2.45) is 0 Å². The number of carbonyl (C=O) groups excluding carboxylic acids is 1. The summed E-state index contributed by atoms with van der Waals surface area (Å²) in [5.41, 5.74) is 6.01. The first-order valence-electron chi connectivity index (χ1n) is 6.64. The Hall–Kier alpha value is -1.64. The van der Waals surface area contributed by atoms with Crippen molar-refractivity contribution in [2.75, 3.05) is 32.0 Å². The second-order valence-electron chi connectivity index (χ2n) is 4.85. The van der Waals surface area contributed by atoms with Crippen LogP contribution in [0.25, 0.3) is 0 Å². The number of rotatable bonds is 4. The molecule has 116 valence electrons. The van der Waals surface area contributed by atoms with E-state index in [2.05, 4.69) is 4.72 Å². The average Bonchev–Trinajstić information content (AvgIpc) is 2.47. The summed E-state index contributed by atoms with van der Waals surface area (Å²) in [6.07, 6.45) is 0. The van der Waals surface area contributed by atoms with E-state index >= 15 is 0 Å². The van der Waals surface area contributed by atoms with Crippen molar-refractivity contribution in [2.45, 2.75) is 17.9 Å². The Morgan fingerprint density at radius 3 is 2.43 bits per heavy atom. The molecule has 1 amide bonds. The highest BCUT2D eigenvalue weighted by molar-refractivity contribution is 7.89. The summed E-state index contributed by atoms with van der Waals surface area (Å²) in [6, 6.07) is 4.99. The van der Waals surface area contributed by atoms with Crippen molar-refractivity contribution in [1.29, 1.82) is 0 Å². The number of nitrogen functional groups attached to an aromatic ring is 1. The van der Waals surface area contributed by atoms with Crippen LogP contribution in [0, 0.1) is 0 Å². The fraction of sp³-hybridized carbons (Fsp3) is 0.462. The van der Waals surface area contributed by atoms with Crippen LogP contribution in [-0.2, 0) is 19.6 Å². The highest BCUT2D eigenvalue weighted by Crippen LogP contribution is 2.12. The Morgan fingerprint density at radius 1 is 1.29 bits per heavy atom. The SMILES string of the molecule is CC(NS(=O)(=O)c1ccc(N)cc1)C(=O)N1CCOCC1. The van der Waals surface area contributed by atoms with Gasteiger partial charge in [-0.05, 0) is 31.2 Å². The molecule has 1 heterocycles. The van der Waals surface area contributed by atoms with Crippen LogP contribution in [0.15, 0.2) is 29.2 Å². The van der Waals surface area contributed by atoms with Gasteiger partial charge in [-0.15, -0.1) is 0 Å². The van der Waals surface area contributed by atoms with E-state index in [9.17, 15) is 13.2 Å². The predicted molar refractivity (Wildman–Crippen MR) is 78.0 cm³/mol. The zero-order valence-corrected chi connectivity index (χ0v) is 12.6. The molecule has 1 aliphatic rings. The fourth-order valence-electron chi connectivity index (χ4n) is 2.06. The minimum Gasteiger partial charge on any atom is -0.399 e. The molecule has 0 radical (unpaired) electrons. The number of amides is 1. The minimum atomic E-state index is -3.74. The molecule has 8 heteroatoms. The lowest BCUT2D eigenvalue weighted by Crippen LogP contribution is -2.50.